The molecule has 0 atom stereocenters. The van der Waals surface area contributed by atoms with E-state index in [-0.39, 0.29) is 11.7 Å². The van der Waals surface area contributed by atoms with Crippen LogP contribution in [0.2, 0.25) is 5.02 Å². The van der Waals surface area contributed by atoms with Crippen molar-refractivity contribution in [2.75, 3.05) is 5.32 Å². The van der Waals surface area contributed by atoms with Crippen LogP contribution in [-0.4, -0.2) is 21.9 Å². The maximum atomic E-state index is 12.6. The third kappa shape index (κ3) is 3.30. The molecule has 1 aromatic heterocycles. The molecular weight excluding hydrogens is 314 g/mol. The molecule has 0 saturated carbocycles. The molecule has 5 nitrogen and oxygen atoms in total. The number of rotatable bonds is 4. The maximum absolute atomic E-state index is 12.6. The highest BCUT2D eigenvalue weighted by Gasteiger charge is 2.18. The highest BCUT2D eigenvalue weighted by Crippen LogP contribution is 2.18. The lowest BCUT2D eigenvalue weighted by atomic mass is 9.98. The third-order valence-electron chi connectivity index (χ3n) is 3.28. The van der Waals surface area contributed by atoms with Crippen LogP contribution >= 0.6 is 11.6 Å². The van der Waals surface area contributed by atoms with Gasteiger partial charge in [-0.15, -0.1) is 0 Å². The van der Waals surface area contributed by atoms with E-state index in [1.54, 1.807) is 54.7 Å². The van der Waals surface area contributed by atoms with Gasteiger partial charge in [0.2, 0.25) is 0 Å². The topological polar surface area (TPSA) is 74.8 Å². The molecule has 0 aliphatic heterocycles. The Kier molecular flexibility index (Phi) is 4.21. The molecule has 23 heavy (non-hydrogen) atoms. The van der Waals surface area contributed by atoms with E-state index in [1.165, 1.54) is 6.20 Å². The highest BCUT2D eigenvalue weighted by molar-refractivity contribution is 6.30. The summed E-state index contributed by atoms with van der Waals surface area (Å²) in [6.45, 7) is 0. The number of halogens is 1. The number of aromatic amines is 1. The summed E-state index contributed by atoms with van der Waals surface area (Å²) < 4.78 is 0. The van der Waals surface area contributed by atoms with E-state index >= 15 is 0 Å². The Morgan fingerprint density at radius 1 is 1.00 bits per heavy atom. The summed E-state index contributed by atoms with van der Waals surface area (Å²) in [4.78, 5) is 25.0. The zero-order chi connectivity index (χ0) is 16.2. The number of nitrogens with one attached hydrogen (secondary N) is 2. The van der Waals surface area contributed by atoms with Gasteiger partial charge in [-0.2, -0.15) is 5.10 Å². The fraction of sp³-hybridized carbons (Fsp3) is 0. The van der Waals surface area contributed by atoms with E-state index in [0.29, 0.717) is 27.4 Å². The van der Waals surface area contributed by atoms with Gasteiger partial charge in [0.1, 0.15) is 0 Å². The predicted octanol–water partition coefficient (Wildman–Crippen LogP) is 3.55. The van der Waals surface area contributed by atoms with Crippen LogP contribution in [0.1, 0.15) is 26.3 Å². The average Bonchev–Trinajstić information content (AvgIpc) is 3.08. The number of ketones is 1. The van der Waals surface area contributed by atoms with Crippen molar-refractivity contribution < 1.29 is 9.59 Å². The van der Waals surface area contributed by atoms with Gasteiger partial charge in [0.15, 0.2) is 5.78 Å². The van der Waals surface area contributed by atoms with Gasteiger partial charge >= 0.3 is 0 Å². The number of nitrogens with zero attached hydrogens (tertiary/aromatic N) is 1. The standard InChI is InChI=1S/C17H12ClN3O2/c18-12-7-5-11(6-8-12)16(22)14-3-1-2-4-15(14)17(23)21-13-9-19-20-10-13/h1-10H,(H,19,20)(H,21,23). The van der Waals surface area contributed by atoms with Gasteiger partial charge in [0, 0.05) is 22.3 Å². The van der Waals surface area contributed by atoms with Crippen molar-refractivity contribution >= 4 is 29.0 Å². The summed E-state index contributed by atoms with van der Waals surface area (Å²) in [6.07, 6.45) is 3.04. The summed E-state index contributed by atoms with van der Waals surface area (Å²) in [6, 6.07) is 13.2. The maximum Gasteiger partial charge on any atom is 0.256 e. The summed E-state index contributed by atoms with van der Waals surface area (Å²) in [7, 11) is 0. The zero-order valence-electron chi connectivity index (χ0n) is 11.9. The number of carbonyl (C=O) groups is 2. The van der Waals surface area contributed by atoms with Gasteiger partial charge in [-0.1, -0.05) is 29.8 Å². The zero-order valence-corrected chi connectivity index (χ0v) is 12.7. The van der Waals surface area contributed by atoms with Crippen LogP contribution in [0.15, 0.2) is 60.9 Å². The lowest BCUT2D eigenvalue weighted by Gasteiger charge is -2.08. The lowest BCUT2D eigenvalue weighted by Crippen LogP contribution is -2.16. The number of hydrogen-bond donors (Lipinski definition) is 2. The van der Waals surface area contributed by atoms with Crippen LogP contribution in [-0.2, 0) is 0 Å². The van der Waals surface area contributed by atoms with Crippen LogP contribution in [0.3, 0.4) is 0 Å². The molecule has 0 unspecified atom stereocenters. The second-order valence-corrected chi connectivity index (χ2v) is 5.26. The van der Waals surface area contributed by atoms with E-state index in [2.05, 4.69) is 15.5 Å². The highest BCUT2D eigenvalue weighted by atomic mass is 35.5. The quantitative estimate of drug-likeness (QED) is 0.720. The number of hydrogen-bond acceptors (Lipinski definition) is 3. The van der Waals surface area contributed by atoms with E-state index < -0.39 is 0 Å². The molecule has 3 aromatic rings. The first-order chi connectivity index (χ1) is 11.1. The van der Waals surface area contributed by atoms with Crippen LogP contribution in [0.25, 0.3) is 0 Å². The van der Waals surface area contributed by atoms with Crippen molar-refractivity contribution in [1.82, 2.24) is 10.2 Å². The Balaban J connectivity index is 1.92. The molecule has 0 aliphatic carbocycles. The lowest BCUT2D eigenvalue weighted by molar-refractivity contribution is 0.0996. The molecule has 3 rings (SSSR count). The summed E-state index contributed by atoms with van der Waals surface area (Å²) in [5.41, 5.74) is 1.63. The molecule has 0 bridgehead atoms. The second kappa shape index (κ2) is 6.46. The minimum atomic E-state index is -0.371. The molecular formula is C17H12ClN3O2. The SMILES string of the molecule is O=C(Nc1cn[nH]c1)c1ccccc1C(=O)c1ccc(Cl)cc1. The molecule has 1 amide bonds. The van der Waals surface area contributed by atoms with Gasteiger partial charge in [-0.05, 0) is 30.3 Å². The smallest absolute Gasteiger partial charge is 0.256 e. The van der Waals surface area contributed by atoms with Gasteiger partial charge in [-0.3, -0.25) is 14.7 Å². The fourth-order valence-corrected chi connectivity index (χ4v) is 2.28. The number of anilines is 1. The van der Waals surface area contributed by atoms with E-state index in [0.717, 1.165) is 0 Å². The molecule has 2 aromatic carbocycles. The number of aromatic nitrogens is 2. The normalized spacial score (nSPS) is 10.3. The first-order valence-corrected chi connectivity index (χ1v) is 7.22. The number of benzene rings is 2. The molecule has 0 spiro atoms. The Bertz CT molecular complexity index is 843. The van der Waals surface area contributed by atoms with Gasteiger partial charge in [-0.25, -0.2) is 0 Å². The van der Waals surface area contributed by atoms with Crippen molar-refractivity contribution in [1.29, 1.82) is 0 Å². The summed E-state index contributed by atoms with van der Waals surface area (Å²) in [5, 5.41) is 9.61. The molecule has 6 heteroatoms. The molecule has 2 N–H and O–H groups in total. The number of carbonyl (C=O) groups excluding carboxylic acids is 2. The molecule has 0 aliphatic rings. The number of amides is 1. The van der Waals surface area contributed by atoms with Crippen molar-refractivity contribution in [2.45, 2.75) is 0 Å². The van der Waals surface area contributed by atoms with E-state index in [4.69, 9.17) is 11.6 Å². The summed E-state index contributed by atoms with van der Waals surface area (Å²) in [5.74, 6) is -0.607. The molecule has 1 heterocycles. The predicted molar refractivity (Wildman–Crippen MR) is 87.9 cm³/mol. The average molecular weight is 326 g/mol. The van der Waals surface area contributed by atoms with Gasteiger partial charge < -0.3 is 5.32 Å². The van der Waals surface area contributed by atoms with Crippen molar-refractivity contribution in [3.63, 3.8) is 0 Å². The van der Waals surface area contributed by atoms with Crippen LogP contribution in [0.5, 0.6) is 0 Å². The minimum Gasteiger partial charge on any atom is -0.319 e. The van der Waals surface area contributed by atoms with Gasteiger partial charge in [0.25, 0.3) is 5.91 Å². The second-order valence-electron chi connectivity index (χ2n) is 4.82. The Morgan fingerprint density at radius 2 is 1.70 bits per heavy atom. The first-order valence-electron chi connectivity index (χ1n) is 6.84. The van der Waals surface area contributed by atoms with Crippen molar-refractivity contribution in [3.8, 4) is 0 Å². The van der Waals surface area contributed by atoms with Crippen LogP contribution < -0.4 is 5.32 Å². The fourth-order valence-electron chi connectivity index (χ4n) is 2.15. The van der Waals surface area contributed by atoms with Crippen LogP contribution in [0.4, 0.5) is 5.69 Å². The summed E-state index contributed by atoms with van der Waals surface area (Å²) >= 11 is 5.84. The molecule has 114 valence electrons. The molecule has 0 fully saturated rings. The minimum absolute atomic E-state index is 0.236. The third-order valence-corrected chi connectivity index (χ3v) is 3.53. The van der Waals surface area contributed by atoms with Crippen molar-refractivity contribution in [3.05, 3.63) is 82.6 Å². The van der Waals surface area contributed by atoms with Gasteiger partial charge in [0.05, 0.1) is 17.4 Å². The molecule has 0 radical (unpaired) electrons. The Labute approximate surface area is 137 Å². The largest absolute Gasteiger partial charge is 0.319 e. The van der Waals surface area contributed by atoms with E-state index in [9.17, 15) is 9.59 Å². The molecule has 0 saturated heterocycles. The monoisotopic (exact) mass is 325 g/mol. The number of H-pyrrole nitrogens is 1. The Morgan fingerprint density at radius 3 is 2.35 bits per heavy atom. The van der Waals surface area contributed by atoms with Crippen LogP contribution in [0, 0.1) is 0 Å². The van der Waals surface area contributed by atoms with E-state index in [1.807, 2.05) is 0 Å². The van der Waals surface area contributed by atoms with Crippen molar-refractivity contribution in [2.24, 2.45) is 0 Å². The first kappa shape index (κ1) is 15.0. The Hall–Kier alpha value is -2.92.